The van der Waals surface area contributed by atoms with E-state index in [2.05, 4.69) is 26.5 Å². The highest BCUT2D eigenvalue weighted by atomic mass is 32.1. The number of rotatable bonds is 5. The van der Waals surface area contributed by atoms with E-state index >= 15 is 0 Å². The molecule has 0 N–H and O–H groups in total. The first-order valence-corrected chi connectivity index (χ1v) is 6.00. The molecule has 0 aromatic heterocycles. The van der Waals surface area contributed by atoms with Crippen LogP contribution < -0.4 is 14.2 Å². The maximum absolute atomic E-state index is 5.44. The quantitative estimate of drug-likeness (QED) is 0.820. The van der Waals surface area contributed by atoms with Crippen molar-refractivity contribution in [3.8, 4) is 17.2 Å². The maximum atomic E-state index is 5.44. The second-order valence-corrected chi connectivity index (χ2v) is 4.72. The highest BCUT2D eigenvalue weighted by Gasteiger charge is 2.19. The molecular weight excluding hydrogens is 236 g/mol. The molecule has 3 nitrogen and oxygen atoms in total. The molecule has 0 heterocycles. The molecule has 0 saturated carbocycles. The van der Waals surface area contributed by atoms with Crippen molar-refractivity contribution in [1.82, 2.24) is 0 Å². The lowest BCUT2D eigenvalue weighted by Crippen LogP contribution is -2.03. The molecule has 17 heavy (non-hydrogen) atoms. The van der Waals surface area contributed by atoms with Gasteiger partial charge in [0, 0.05) is 10.5 Å². The second kappa shape index (κ2) is 6.05. The van der Waals surface area contributed by atoms with Gasteiger partial charge in [0.15, 0.2) is 11.5 Å². The van der Waals surface area contributed by atoms with E-state index in [4.69, 9.17) is 14.2 Å². The Morgan fingerprint density at radius 2 is 1.65 bits per heavy atom. The van der Waals surface area contributed by atoms with E-state index in [1.165, 1.54) is 0 Å². The van der Waals surface area contributed by atoms with Crippen molar-refractivity contribution in [3.63, 3.8) is 0 Å². The van der Waals surface area contributed by atoms with E-state index in [0.29, 0.717) is 23.2 Å². The number of methoxy groups -OCH3 is 3. The SMILES string of the molecule is COc1cc(S)c(CC(C)C)c(OC)c1OC. The lowest BCUT2D eigenvalue weighted by molar-refractivity contribution is 0.319. The Labute approximate surface area is 108 Å². The predicted octanol–water partition coefficient (Wildman–Crippen LogP) is 3.20. The Hall–Kier alpha value is -1.03. The van der Waals surface area contributed by atoms with Crippen LogP contribution in [0.5, 0.6) is 17.2 Å². The summed E-state index contributed by atoms with van der Waals surface area (Å²) in [6, 6.07) is 1.86. The molecule has 1 aromatic rings. The zero-order valence-corrected chi connectivity index (χ0v) is 11.9. The molecule has 0 unspecified atom stereocenters. The minimum Gasteiger partial charge on any atom is -0.493 e. The van der Waals surface area contributed by atoms with Gasteiger partial charge >= 0.3 is 0 Å². The average Bonchev–Trinajstić information content (AvgIpc) is 2.30. The Balaban J connectivity index is 3.38. The van der Waals surface area contributed by atoms with E-state index in [1.54, 1.807) is 21.3 Å². The second-order valence-electron chi connectivity index (χ2n) is 4.24. The van der Waals surface area contributed by atoms with Crippen LogP contribution in [0, 0.1) is 5.92 Å². The van der Waals surface area contributed by atoms with Gasteiger partial charge in [-0.2, -0.15) is 0 Å². The van der Waals surface area contributed by atoms with Gasteiger partial charge in [-0.05, 0) is 18.4 Å². The first-order valence-electron chi connectivity index (χ1n) is 5.55. The van der Waals surface area contributed by atoms with E-state index in [-0.39, 0.29) is 0 Å². The first-order chi connectivity index (χ1) is 8.04. The van der Waals surface area contributed by atoms with Crippen molar-refractivity contribution in [2.24, 2.45) is 5.92 Å². The standard InChI is InChI=1S/C13H20O3S/c1-8(2)6-9-11(17)7-10(14-3)13(16-5)12(9)15-4/h7-8,17H,6H2,1-5H3. The van der Waals surface area contributed by atoms with Crippen LogP contribution in [0.4, 0.5) is 0 Å². The molecule has 0 radical (unpaired) electrons. The van der Waals surface area contributed by atoms with E-state index in [9.17, 15) is 0 Å². The highest BCUT2D eigenvalue weighted by Crippen LogP contribution is 2.43. The van der Waals surface area contributed by atoms with Gasteiger partial charge in [-0.25, -0.2) is 0 Å². The Kier molecular flexibility index (Phi) is 5.00. The monoisotopic (exact) mass is 256 g/mol. The summed E-state index contributed by atoms with van der Waals surface area (Å²) in [6.45, 7) is 4.31. The largest absolute Gasteiger partial charge is 0.493 e. The van der Waals surface area contributed by atoms with Gasteiger partial charge < -0.3 is 14.2 Å². The summed E-state index contributed by atoms with van der Waals surface area (Å²) in [4.78, 5) is 0.869. The molecule has 0 bridgehead atoms. The fourth-order valence-corrected chi connectivity index (χ4v) is 2.12. The molecule has 4 heteroatoms. The molecule has 0 amide bonds. The van der Waals surface area contributed by atoms with Crippen molar-refractivity contribution >= 4 is 12.6 Å². The van der Waals surface area contributed by atoms with Gasteiger partial charge in [0.05, 0.1) is 21.3 Å². The van der Waals surface area contributed by atoms with Crippen LogP contribution in [0.2, 0.25) is 0 Å². The van der Waals surface area contributed by atoms with Crippen molar-refractivity contribution < 1.29 is 14.2 Å². The summed E-state index contributed by atoms with van der Waals surface area (Å²) in [5.41, 5.74) is 1.06. The summed E-state index contributed by atoms with van der Waals surface area (Å²) in [7, 11) is 4.85. The molecule has 1 rings (SSSR count). The van der Waals surface area contributed by atoms with Crippen LogP contribution in [-0.4, -0.2) is 21.3 Å². The summed E-state index contributed by atoms with van der Waals surface area (Å²) < 4.78 is 16.1. The van der Waals surface area contributed by atoms with Crippen LogP contribution in [0.3, 0.4) is 0 Å². The summed E-state index contributed by atoms with van der Waals surface area (Å²) >= 11 is 4.49. The predicted molar refractivity (Wildman–Crippen MR) is 71.9 cm³/mol. The van der Waals surface area contributed by atoms with E-state index < -0.39 is 0 Å². The van der Waals surface area contributed by atoms with E-state index in [0.717, 1.165) is 16.9 Å². The fraction of sp³-hybridized carbons (Fsp3) is 0.538. The zero-order valence-electron chi connectivity index (χ0n) is 11.0. The Bertz CT molecular complexity index is 389. The Morgan fingerprint density at radius 3 is 2.06 bits per heavy atom. The van der Waals surface area contributed by atoms with Gasteiger partial charge in [0.25, 0.3) is 0 Å². The molecule has 1 aromatic carbocycles. The lowest BCUT2D eigenvalue weighted by atomic mass is 10.0. The fourth-order valence-electron chi connectivity index (χ4n) is 1.81. The molecule has 0 saturated heterocycles. The van der Waals surface area contributed by atoms with Gasteiger partial charge in [-0.15, -0.1) is 12.6 Å². The smallest absolute Gasteiger partial charge is 0.203 e. The zero-order chi connectivity index (χ0) is 13.0. The highest BCUT2D eigenvalue weighted by molar-refractivity contribution is 7.80. The molecule has 0 atom stereocenters. The van der Waals surface area contributed by atoms with Gasteiger partial charge in [-0.1, -0.05) is 13.8 Å². The topological polar surface area (TPSA) is 27.7 Å². The van der Waals surface area contributed by atoms with Crippen LogP contribution in [0.25, 0.3) is 0 Å². The normalized spacial score (nSPS) is 10.5. The first kappa shape index (κ1) is 14.0. The van der Waals surface area contributed by atoms with Crippen molar-refractivity contribution in [2.75, 3.05) is 21.3 Å². The summed E-state index contributed by atoms with van der Waals surface area (Å²) in [5.74, 6) is 2.50. The molecule has 0 fully saturated rings. The average molecular weight is 256 g/mol. The third-order valence-electron chi connectivity index (χ3n) is 2.52. The van der Waals surface area contributed by atoms with Crippen molar-refractivity contribution in [2.45, 2.75) is 25.2 Å². The van der Waals surface area contributed by atoms with E-state index in [1.807, 2.05) is 6.07 Å². The van der Waals surface area contributed by atoms with Gasteiger partial charge in [0.2, 0.25) is 5.75 Å². The van der Waals surface area contributed by atoms with Crippen LogP contribution >= 0.6 is 12.6 Å². The molecule has 0 aliphatic rings. The molecular formula is C13H20O3S. The molecule has 0 spiro atoms. The number of ether oxygens (including phenoxy) is 3. The third kappa shape index (κ3) is 3.00. The number of benzene rings is 1. The number of hydrogen-bond acceptors (Lipinski definition) is 4. The van der Waals surface area contributed by atoms with Gasteiger partial charge in [0.1, 0.15) is 0 Å². The number of hydrogen-bond donors (Lipinski definition) is 1. The van der Waals surface area contributed by atoms with Crippen LogP contribution in [0.15, 0.2) is 11.0 Å². The maximum Gasteiger partial charge on any atom is 0.203 e. The summed E-state index contributed by atoms with van der Waals surface area (Å²) in [6.07, 6.45) is 0.891. The number of thiol groups is 1. The van der Waals surface area contributed by atoms with Gasteiger partial charge in [-0.3, -0.25) is 0 Å². The molecule has 0 aliphatic carbocycles. The van der Waals surface area contributed by atoms with Crippen molar-refractivity contribution in [3.05, 3.63) is 11.6 Å². The molecule has 0 aliphatic heterocycles. The minimum atomic E-state index is 0.521. The van der Waals surface area contributed by atoms with Crippen LogP contribution in [-0.2, 0) is 6.42 Å². The minimum absolute atomic E-state index is 0.521. The van der Waals surface area contributed by atoms with Crippen LogP contribution in [0.1, 0.15) is 19.4 Å². The molecule has 96 valence electrons. The summed E-state index contributed by atoms with van der Waals surface area (Å²) in [5, 5.41) is 0. The van der Waals surface area contributed by atoms with Crippen molar-refractivity contribution in [1.29, 1.82) is 0 Å². The Morgan fingerprint density at radius 1 is 1.06 bits per heavy atom. The lowest BCUT2D eigenvalue weighted by Gasteiger charge is -2.18. The third-order valence-corrected chi connectivity index (χ3v) is 2.92.